The lowest BCUT2D eigenvalue weighted by Crippen LogP contribution is -2.06. The normalized spacial score (nSPS) is 10.9. The minimum absolute atomic E-state index is 0.356. The molecule has 20 heavy (non-hydrogen) atoms. The first-order valence-electron chi connectivity index (χ1n) is 6.20. The summed E-state index contributed by atoms with van der Waals surface area (Å²) in [5.74, 6) is 0.712. The van der Waals surface area contributed by atoms with Crippen molar-refractivity contribution in [2.45, 2.75) is 26.7 Å². The van der Waals surface area contributed by atoms with Crippen molar-refractivity contribution < 1.29 is 0 Å². The Morgan fingerprint density at radius 3 is 1.50 bits per heavy atom. The van der Waals surface area contributed by atoms with Crippen molar-refractivity contribution in [1.29, 1.82) is 0 Å². The molecule has 0 unspecified atom stereocenters. The van der Waals surface area contributed by atoms with Crippen LogP contribution in [0.4, 0.5) is 0 Å². The molecule has 10 heteroatoms. The van der Waals surface area contributed by atoms with Gasteiger partial charge in [0.1, 0.15) is 11.4 Å². The number of aromatic amines is 2. The van der Waals surface area contributed by atoms with E-state index in [1.165, 1.54) is 0 Å². The fraction of sp³-hybridized carbons (Fsp3) is 0.400. The summed E-state index contributed by atoms with van der Waals surface area (Å²) in [5.41, 5.74) is 2.79. The minimum Gasteiger partial charge on any atom is -0.245 e. The molecule has 0 aliphatic carbocycles. The van der Waals surface area contributed by atoms with Crippen LogP contribution in [0.15, 0.2) is 0 Å². The Labute approximate surface area is 113 Å². The number of aromatic nitrogens is 10. The summed E-state index contributed by atoms with van der Waals surface area (Å²) in [6.07, 6.45) is 1.54. The molecule has 0 aliphatic rings. The number of rotatable bonds is 4. The molecule has 3 heterocycles. The highest BCUT2D eigenvalue weighted by Crippen LogP contribution is 2.24. The van der Waals surface area contributed by atoms with Gasteiger partial charge in [0, 0.05) is 0 Å². The van der Waals surface area contributed by atoms with E-state index >= 15 is 0 Å². The van der Waals surface area contributed by atoms with Crippen LogP contribution in [-0.4, -0.2) is 51.2 Å². The molecule has 102 valence electrons. The third-order valence-electron chi connectivity index (χ3n) is 2.84. The predicted molar refractivity (Wildman–Crippen MR) is 67.1 cm³/mol. The number of hydrogen-bond acceptors (Lipinski definition) is 8. The molecule has 0 amide bonds. The summed E-state index contributed by atoms with van der Waals surface area (Å²) in [5, 5.41) is 27.7. The first-order chi connectivity index (χ1) is 9.83. The first kappa shape index (κ1) is 12.3. The highest BCUT2D eigenvalue weighted by atomic mass is 15.5. The van der Waals surface area contributed by atoms with Gasteiger partial charge in [-0.15, -0.1) is 20.4 Å². The summed E-state index contributed by atoms with van der Waals surface area (Å²) in [7, 11) is 0. The van der Waals surface area contributed by atoms with E-state index in [1.807, 2.05) is 13.8 Å². The van der Waals surface area contributed by atoms with E-state index < -0.39 is 0 Å². The summed E-state index contributed by atoms with van der Waals surface area (Å²) < 4.78 is 0. The van der Waals surface area contributed by atoms with Crippen LogP contribution >= 0.6 is 0 Å². The lowest BCUT2D eigenvalue weighted by Gasteiger charge is -2.08. The molecule has 0 atom stereocenters. The van der Waals surface area contributed by atoms with Crippen molar-refractivity contribution >= 4 is 0 Å². The zero-order chi connectivity index (χ0) is 13.9. The first-order valence-corrected chi connectivity index (χ1v) is 6.20. The lowest BCUT2D eigenvalue weighted by atomic mass is 10.1. The summed E-state index contributed by atoms with van der Waals surface area (Å²) in [6, 6.07) is 0. The molecule has 2 N–H and O–H groups in total. The van der Waals surface area contributed by atoms with Crippen molar-refractivity contribution in [2.24, 2.45) is 0 Å². The van der Waals surface area contributed by atoms with Crippen molar-refractivity contribution in [3.05, 3.63) is 11.4 Å². The average Bonchev–Trinajstić information content (AvgIpc) is 3.18. The number of tetrazole rings is 2. The lowest BCUT2D eigenvalue weighted by molar-refractivity contribution is 0.881. The molecule has 0 bridgehead atoms. The summed E-state index contributed by atoms with van der Waals surface area (Å²) in [6.45, 7) is 4.05. The van der Waals surface area contributed by atoms with Crippen LogP contribution in [0, 0.1) is 0 Å². The number of nitrogens with zero attached hydrogens (tertiary/aromatic N) is 8. The van der Waals surface area contributed by atoms with E-state index in [-0.39, 0.29) is 0 Å². The molecule has 0 spiro atoms. The number of H-pyrrole nitrogens is 2. The van der Waals surface area contributed by atoms with Gasteiger partial charge in [0.15, 0.2) is 0 Å². The standard InChI is InChI=1S/C10H12N10/c1-3-5-6(4-2)12-8(10-15-19-20-16-10)7(11-5)9-13-17-18-14-9/h3-4H2,1-2H3,(H,13,14,17,18)(H,15,16,19,20). The Morgan fingerprint density at radius 2 is 1.20 bits per heavy atom. The van der Waals surface area contributed by atoms with E-state index in [9.17, 15) is 0 Å². The van der Waals surface area contributed by atoms with Gasteiger partial charge >= 0.3 is 0 Å². The highest BCUT2D eigenvalue weighted by molar-refractivity contribution is 5.69. The maximum absolute atomic E-state index is 4.59. The van der Waals surface area contributed by atoms with Crippen LogP contribution in [0.5, 0.6) is 0 Å². The van der Waals surface area contributed by atoms with Crippen LogP contribution in [-0.2, 0) is 12.8 Å². The molecule has 0 aliphatic heterocycles. The Morgan fingerprint density at radius 1 is 0.750 bits per heavy atom. The van der Waals surface area contributed by atoms with Gasteiger partial charge < -0.3 is 0 Å². The molecule has 0 aromatic carbocycles. The fourth-order valence-electron chi connectivity index (χ4n) is 1.91. The van der Waals surface area contributed by atoms with Gasteiger partial charge in [-0.3, -0.25) is 0 Å². The van der Waals surface area contributed by atoms with Gasteiger partial charge in [-0.25, -0.2) is 9.97 Å². The second-order valence-electron chi connectivity index (χ2n) is 3.99. The molecule has 10 nitrogen and oxygen atoms in total. The Balaban J connectivity index is 2.25. The van der Waals surface area contributed by atoms with Crippen LogP contribution in [0.25, 0.3) is 23.0 Å². The van der Waals surface area contributed by atoms with E-state index in [0.29, 0.717) is 23.0 Å². The molecular weight excluding hydrogens is 260 g/mol. The number of aryl methyl sites for hydroxylation is 2. The van der Waals surface area contributed by atoms with Gasteiger partial charge in [-0.1, -0.05) is 13.8 Å². The zero-order valence-corrected chi connectivity index (χ0v) is 11.0. The molecule has 3 rings (SSSR count). The number of hydrogen-bond donors (Lipinski definition) is 2. The maximum atomic E-state index is 4.59. The van der Waals surface area contributed by atoms with Gasteiger partial charge in [-0.2, -0.15) is 10.4 Å². The Hall–Kier alpha value is -2.78. The van der Waals surface area contributed by atoms with E-state index in [2.05, 4.69) is 51.2 Å². The van der Waals surface area contributed by atoms with Crippen LogP contribution in [0.1, 0.15) is 25.2 Å². The second kappa shape index (κ2) is 5.07. The van der Waals surface area contributed by atoms with Gasteiger partial charge in [0.25, 0.3) is 0 Å². The topological polar surface area (TPSA) is 135 Å². The van der Waals surface area contributed by atoms with E-state index in [4.69, 9.17) is 0 Å². The third-order valence-corrected chi connectivity index (χ3v) is 2.84. The largest absolute Gasteiger partial charge is 0.245 e. The number of nitrogens with one attached hydrogen (secondary N) is 2. The average molecular weight is 272 g/mol. The van der Waals surface area contributed by atoms with Crippen molar-refractivity contribution in [3.8, 4) is 23.0 Å². The second-order valence-corrected chi connectivity index (χ2v) is 3.99. The quantitative estimate of drug-likeness (QED) is 0.675. The monoisotopic (exact) mass is 272 g/mol. The minimum atomic E-state index is 0.356. The SMILES string of the molecule is CCc1nc(-c2nn[nH]n2)c(-c2nn[nH]n2)nc1CC. The summed E-state index contributed by atoms with van der Waals surface area (Å²) in [4.78, 5) is 9.18. The van der Waals surface area contributed by atoms with Crippen LogP contribution in [0.3, 0.4) is 0 Å². The van der Waals surface area contributed by atoms with Crippen molar-refractivity contribution in [3.63, 3.8) is 0 Å². The molecule has 3 aromatic heterocycles. The van der Waals surface area contributed by atoms with E-state index in [0.717, 1.165) is 24.2 Å². The fourth-order valence-corrected chi connectivity index (χ4v) is 1.91. The van der Waals surface area contributed by atoms with Gasteiger partial charge in [0.2, 0.25) is 11.6 Å². The molecule has 0 saturated carbocycles. The van der Waals surface area contributed by atoms with Gasteiger partial charge in [0.05, 0.1) is 11.4 Å². The molecule has 0 saturated heterocycles. The van der Waals surface area contributed by atoms with Crippen LogP contribution in [0.2, 0.25) is 0 Å². The maximum Gasteiger partial charge on any atom is 0.225 e. The molecule has 0 fully saturated rings. The zero-order valence-electron chi connectivity index (χ0n) is 11.0. The Kier molecular flexibility index (Phi) is 3.11. The Bertz CT molecular complexity index is 626. The van der Waals surface area contributed by atoms with Crippen molar-refractivity contribution in [2.75, 3.05) is 0 Å². The van der Waals surface area contributed by atoms with Crippen molar-refractivity contribution in [1.82, 2.24) is 51.2 Å². The van der Waals surface area contributed by atoms with Gasteiger partial charge in [-0.05, 0) is 23.3 Å². The molecule has 3 aromatic rings. The van der Waals surface area contributed by atoms with E-state index in [1.54, 1.807) is 0 Å². The predicted octanol–water partition coefficient (Wildman–Crippen LogP) is -0.0384. The third kappa shape index (κ3) is 2.00. The smallest absolute Gasteiger partial charge is 0.225 e. The highest BCUT2D eigenvalue weighted by Gasteiger charge is 2.20. The molecule has 0 radical (unpaired) electrons. The van der Waals surface area contributed by atoms with Crippen LogP contribution < -0.4 is 0 Å². The summed E-state index contributed by atoms with van der Waals surface area (Å²) >= 11 is 0. The molecular formula is C10H12N10.